The number of piperidine rings is 1. The van der Waals surface area contributed by atoms with Gasteiger partial charge in [-0.15, -0.1) is 11.8 Å². The van der Waals surface area contributed by atoms with Crippen molar-refractivity contribution in [2.24, 2.45) is 5.92 Å². The summed E-state index contributed by atoms with van der Waals surface area (Å²) in [5, 5.41) is 3.07. The number of ether oxygens (including phenoxy) is 1. The summed E-state index contributed by atoms with van der Waals surface area (Å²) in [7, 11) is -3.45. The standard InChI is InChI=1S/C24H30N2O4S2/c27-24(22-10-4-5-11-23(22)31-18-20-7-6-16-30-20)25-17-19-12-14-26(15-13-19)32(28,29)21-8-2-1-3-9-21/h1-5,8-11,19-20H,6-7,12-18H2,(H,25,27). The number of nitrogens with zero attached hydrogens (tertiary/aromatic N) is 1. The van der Waals surface area contributed by atoms with Crippen LogP contribution in [0.2, 0.25) is 0 Å². The van der Waals surface area contributed by atoms with Gasteiger partial charge in [-0.1, -0.05) is 30.3 Å². The molecule has 1 N–H and O–H groups in total. The fourth-order valence-electron chi connectivity index (χ4n) is 4.17. The van der Waals surface area contributed by atoms with E-state index in [1.54, 1.807) is 40.3 Å². The molecule has 1 amide bonds. The molecule has 0 aromatic heterocycles. The largest absolute Gasteiger partial charge is 0.377 e. The van der Waals surface area contributed by atoms with Gasteiger partial charge in [0.25, 0.3) is 5.91 Å². The predicted molar refractivity (Wildman–Crippen MR) is 126 cm³/mol. The molecular weight excluding hydrogens is 444 g/mol. The molecule has 2 aromatic carbocycles. The van der Waals surface area contributed by atoms with Crippen molar-refractivity contribution in [2.45, 2.75) is 41.6 Å². The maximum atomic E-state index is 12.9. The Labute approximate surface area is 194 Å². The summed E-state index contributed by atoms with van der Waals surface area (Å²) in [4.78, 5) is 14.2. The van der Waals surface area contributed by atoms with Crippen molar-refractivity contribution >= 4 is 27.7 Å². The molecule has 2 aliphatic heterocycles. The van der Waals surface area contributed by atoms with Crippen LogP contribution in [0.5, 0.6) is 0 Å². The van der Waals surface area contributed by atoms with E-state index in [-0.39, 0.29) is 17.9 Å². The van der Waals surface area contributed by atoms with Crippen LogP contribution in [-0.4, -0.2) is 56.7 Å². The molecule has 4 rings (SSSR count). The average molecular weight is 475 g/mol. The van der Waals surface area contributed by atoms with Crippen LogP contribution in [0.3, 0.4) is 0 Å². The topological polar surface area (TPSA) is 75.7 Å². The highest BCUT2D eigenvalue weighted by atomic mass is 32.2. The number of benzene rings is 2. The van der Waals surface area contributed by atoms with Crippen molar-refractivity contribution < 1.29 is 17.9 Å². The zero-order valence-electron chi connectivity index (χ0n) is 18.1. The van der Waals surface area contributed by atoms with Gasteiger partial charge in [-0.3, -0.25) is 4.79 Å². The second-order valence-corrected chi connectivity index (χ2v) is 11.3. The summed E-state index contributed by atoms with van der Waals surface area (Å²) < 4.78 is 32.8. The number of amides is 1. The summed E-state index contributed by atoms with van der Waals surface area (Å²) in [5.74, 6) is 1.06. The second kappa shape index (κ2) is 10.8. The van der Waals surface area contributed by atoms with Crippen molar-refractivity contribution in [3.05, 3.63) is 60.2 Å². The third-order valence-electron chi connectivity index (χ3n) is 6.09. The smallest absolute Gasteiger partial charge is 0.252 e. The molecule has 2 aromatic rings. The number of rotatable bonds is 8. The van der Waals surface area contributed by atoms with Gasteiger partial charge in [0.2, 0.25) is 10.0 Å². The number of thioether (sulfide) groups is 1. The molecule has 32 heavy (non-hydrogen) atoms. The minimum atomic E-state index is -3.45. The van der Waals surface area contributed by atoms with Gasteiger partial charge in [-0.05, 0) is 55.9 Å². The molecule has 0 spiro atoms. The van der Waals surface area contributed by atoms with Gasteiger partial charge >= 0.3 is 0 Å². The van der Waals surface area contributed by atoms with Crippen molar-refractivity contribution in [3.63, 3.8) is 0 Å². The molecule has 172 valence electrons. The Morgan fingerprint density at radius 1 is 1.03 bits per heavy atom. The van der Waals surface area contributed by atoms with Crippen molar-refractivity contribution in [3.8, 4) is 0 Å². The van der Waals surface area contributed by atoms with E-state index in [0.717, 1.165) is 42.9 Å². The lowest BCUT2D eigenvalue weighted by molar-refractivity contribution is 0.0938. The van der Waals surface area contributed by atoms with Crippen LogP contribution in [0.15, 0.2) is 64.4 Å². The summed E-state index contributed by atoms with van der Waals surface area (Å²) >= 11 is 1.68. The number of hydrogen-bond acceptors (Lipinski definition) is 5. The van der Waals surface area contributed by atoms with Gasteiger partial charge in [0.1, 0.15) is 0 Å². The molecule has 8 heteroatoms. The Bertz CT molecular complexity index is 1000. The number of carbonyl (C=O) groups is 1. The SMILES string of the molecule is O=C(NCC1CCN(S(=O)(=O)c2ccccc2)CC1)c1ccccc1SCC1CCCO1. The van der Waals surface area contributed by atoms with Gasteiger partial charge in [-0.25, -0.2) is 8.42 Å². The van der Waals surface area contributed by atoms with Crippen LogP contribution in [-0.2, 0) is 14.8 Å². The van der Waals surface area contributed by atoms with Crippen LogP contribution in [0.4, 0.5) is 0 Å². The van der Waals surface area contributed by atoms with Gasteiger partial charge in [-0.2, -0.15) is 4.31 Å². The highest BCUT2D eigenvalue weighted by Crippen LogP contribution is 2.27. The monoisotopic (exact) mass is 474 g/mol. The number of carbonyl (C=O) groups excluding carboxylic acids is 1. The molecule has 0 bridgehead atoms. The van der Waals surface area contributed by atoms with Crippen molar-refractivity contribution in [1.82, 2.24) is 9.62 Å². The van der Waals surface area contributed by atoms with Gasteiger partial charge in [0.15, 0.2) is 0 Å². The summed E-state index contributed by atoms with van der Waals surface area (Å²) in [5.41, 5.74) is 0.694. The number of nitrogens with one attached hydrogen (secondary N) is 1. The Kier molecular flexibility index (Phi) is 7.88. The molecule has 2 saturated heterocycles. The predicted octanol–water partition coefficient (Wildman–Crippen LogP) is 3.79. The van der Waals surface area contributed by atoms with E-state index >= 15 is 0 Å². The minimum Gasteiger partial charge on any atom is -0.377 e. The third-order valence-corrected chi connectivity index (χ3v) is 9.20. The van der Waals surface area contributed by atoms with E-state index in [1.165, 1.54) is 0 Å². The first-order valence-corrected chi connectivity index (χ1v) is 13.6. The minimum absolute atomic E-state index is 0.0697. The normalized spacial score (nSPS) is 20.3. The van der Waals surface area contributed by atoms with E-state index in [1.807, 2.05) is 30.3 Å². The second-order valence-electron chi connectivity index (χ2n) is 8.31. The van der Waals surface area contributed by atoms with Crippen LogP contribution in [0.1, 0.15) is 36.0 Å². The lowest BCUT2D eigenvalue weighted by atomic mass is 9.98. The van der Waals surface area contributed by atoms with E-state index < -0.39 is 10.0 Å². The molecule has 6 nitrogen and oxygen atoms in total. The molecule has 1 unspecified atom stereocenters. The van der Waals surface area contributed by atoms with E-state index in [9.17, 15) is 13.2 Å². The molecule has 2 aliphatic rings. The molecule has 2 heterocycles. The first kappa shape index (κ1) is 23.3. The zero-order valence-corrected chi connectivity index (χ0v) is 19.7. The van der Waals surface area contributed by atoms with Crippen LogP contribution < -0.4 is 5.32 Å². The third kappa shape index (κ3) is 5.73. The Hall–Kier alpha value is -1.87. The van der Waals surface area contributed by atoms with Gasteiger partial charge in [0.05, 0.1) is 16.6 Å². The molecular formula is C24H30N2O4S2. The zero-order chi connectivity index (χ0) is 22.4. The summed E-state index contributed by atoms with van der Waals surface area (Å²) in [6, 6.07) is 16.3. The Morgan fingerprint density at radius 3 is 2.47 bits per heavy atom. The highest BCUT2D eigenvalue weighted by molar-refractivity contribution is 7.99. The maximum Gasteiger partial charge on any atom is 0.252 e. The van der Waals surface area contributed by atoms with E-state index in [4.69, 9.17) is 4.74 Å². The quantitative estimate of drug-likeness (QED) is 0.589. The molecule has 0 saturated carbocycles. The van der Waals surface area contributed by atoms with Crippen molar-refractivity contribution in [2.75, 3.05) is 32.0 Å². The molecule has 1 atom stereocenters. The van der Waals surface area contributed by atoms with Gasteiger partial charge < -0.3 is 10.1 Å². The maximum absolute atomic E-state index is 12.9. The average Bonchev–Trinajstić information content (AvgIpc) is 3.36. The van der Waals surface area contributed by atoms with Crippen LogP contribution >= 0.6 is 11.8 Å². The fraction of sp³-hybridized carbons (Fsp3) is 0.458. The first-order chi connectivity index (χ1) is 15.5. The molecule has 0 aliphatic carbocycles. The van der Waals surface area contributed by atoms with Gasteiger partial charge in [0, 0.05) is 36.9 Å². The summed E-state index contributed by atoms with van der Waals surface area (Å²) in [6.45, 7) is 2.35. The first-order valence-electron chi connectivity index (χ1n) is 11.2. The Balaban J connectivity index is 1.27. The fourth-order valence-corrected chi connectivity index (χ4v) is 6.78. The number of sulfonamides is 1. The lowest BCUT2D eigenvalue weighted by Crippen LogP contribution is -2.41. The highest BCUT2D eigenvalue weighted by Gasteiger charge is 2.29. The van der Waals surface area contributed by atoms with Crippen LogP contribution in [0, 0.1) is 5.92 Å². The van der Waals surface area contributed by atoms with E-state index in [0.29, 0.717) is 30.1 Å². The lowest BCUT2D eigenvalue weighted by Gasteiger charge is -2.31. The number of hydrogen-bond donors (Lipinski definition) is 1. The molecule has 2 fully saturated rings. The van der Waals surface area contributed by atoms with E-state index in [2.05, 4.69) is 5.32 Å². The van der Waals surface area contributed by atoms with Crippen molar-refractivity contribution in [1.29, 1.82) is 0 Å². The molecule has 0 radical (unpaired) electrons. The van der Waals surface area contributed by atoms with Crippen LogP contribution in [0.25, 0.3) is 0 Å². The Morgan fingerprint density at radius 2 is 1.75 bits per heavy atom. The summed E-state index contributed by atoms with van der Waals surface area (Å²) in [6.07, 6.45) is 3.94.